The number of hydrogen-bond donors (Lipinski definition) is 1. The van der Waals surface area contributed by atoms with Gasteiger partial charge in [0.15, 0.2) is 11.5 Å². The monoisotopic (exact) mass is 635 g/mol. The highest BCUT2D eigenvalue weighted by Crippen LogP contribution is 2.44. The molecular formula is C28H31Cl2F4N3O5. The Morgan fingerprint density at radius 2 is 1.69 bits per heavy atom. The third kappa shape index (κ3) is 6.54. The smallest absolute Gasteiger partial charge is 0.433 e. The van der Waals surface area contributed by atoms with Gasteiger partial charge < -0.3 is 14.7 Å². The van der Waals surface area contributed by atoms with Gasteiger partial charge in [-0.15, -0.1) is 0 Å². The summed E-state index contributed by atoms with van der Waals surface area (Å²) in [6.07, 6.45) is -2.54. The Kier molecular flexibility index (Phi) is 9.18. The number of ketones is 1. The Bertz CT molecular complexity index is 1340. The average Bonchev–Trinajstić information content (AvgIpc) is 3.54. The van der Waals surface area contributed by atoms with Crippen molar-refractivity contribution in [2.75, 3.05) is 20.2 Å². The number of amides is 1. The molecule has 0 atom stereocenters. The lowest BCUT2D eigenvalue weighted by Gasteiger charge is -2.34. The van der Waals surface area contributed by atoms with E-state index in [1.165, 1.54) is 19.2 Å². The fraction of sp³-hybridized carbons (Fsp3) is 0.571. The zero-order valence-corrected chi connectivity index (χ0v) is 24.6. The van der Waals surface area contributed by atoms with Gasteiger partial charge in [0.25, 0.3) is 5.91 Å². The zero-order chi connectivity index (χ0) is 31.0. The maximum Gasteiger partial charge on any atom is 0.433 e. The molecule has 8 nitrogen and oxygen atoms in total. The van der Waals surface area contributed by atoms with Gasteiger partial charge >= 0.3 is 12.1 Å². The van der Waals surface area contributed by atoms with Crippen LogP contribution in [0.5, 0.6) is 5.75 Å². The van der Waals surface area contributed by atoms with Crippen LogP contribution in [0.2, 0.25) is 10.0 Å². The van der Waals surface area contributed by atoms with E-state index in [9.17, 15) is 32.7 Å². The Morgan fingerprint density at radius 1 is 1.12 bits per heavy atom. The number of carboxylic acid groups (broad SMARTS) is 1. The molecule has 0 bridgehead atoms. The fourth-order valence-corrected chi connectivity index (χ4v) is 6.52. The summed E-state index contributed by atoms with van der Waals surface area (Å²) in [6.45, 7) is 0.158. The molecule has 0 aliphatic heterocycles. The highest BCUT2D eigenvalue weighted by Gasteiger charge is 2.46. The lowest BCUT2D eigenvalue weighted by molar-refractivity contribution is -0.152. The van der Waals surface area contributed by atoms with Crippen molar-refractivity contribution in [1.82, 2.24) is 14.7 Å². The van der Waals surface area contributed by atoms with Gasteiger partial charge in [0.05, 0.1) is 59.0 Å². The summed E-state index contributed by atoms with van der Waals surface area (Å²) in [7, 11) is 1.36. The van der Waals surface area contributed by atoms with E-state index in [1.54, 1.807) is 6.92 Å². The standard InChI is InChI=1S/C28H31Cl2F4N3O5/c1-26(25(40)41)9-5-16(6-10-26)37-23(28(32,33)34)18(13-35-37)24(39)36(15-27(31)7-3-4-8-27)14-21(38)22-19(29)11-17(42-2)12-20(22)30/h11-13,16H,3-10,14-15H2,1-2H3,(H,40,41). The molecule has 2 aliphatic rings. The molecule has 14 heteroatoms. The van der Waals surface area contributed by atoms with Crippen LogP contribution in [0.3, 0.4) is 0 Å². The number of Topliss-reactive ketones (excluding diaryl/α,β-unsaturated/α-hetero) is 1. The van der Waals surface area contributed by atoms with Crippen LogP contribution in [0.1, 0.15) is 90.7 Å². The SMILES string of the molecule is COc1cc(Cl)c(C(=O)CN(CC2(F)CCCC2)C(=O)c2cnn(C3CCC(C)(C(=O)O)CC3)c2C(F)(F)F)c(Cl)c1. The highest BCUT2D eigenvalue weighted by molar-refractivity contribution is 6.40. The van der Waals surface area contributed by atoms with E-state index < -0.39 is 65.3 Å². The van der Waals surface area contributed by atoms with Gasteiger partial charge in [-0.1, -0.05) is 36.0 Å². The number of carbonyl (C=O) groups is 3. The van der Waals surface area contributed by atoms with Crippen LogP contribution < -0.4 is 4.74 Å². The average molecular weight is 636 g/mol. The summed E-state index contributed by atoms with van der Waals surface area (Å²) in [6, 6.07) is 1.85. The maximum atomic E-state index is 15.7. The van der Waals surface area contributed by atoms with E-state index >= 15 is 4.39 Å². The van der Waals surface area contributed by atoms with Gasteiger partial charge in [0, 0.05) is 0 Å². The number of benzene rings is 1. The first kappa shape index (κ1) is 32.1. The van der Waals surface area contributed by atoms with Crippen LogP contribution in [0.15, 0.2) is 18.3 Å². The Hall–Kier alpha value is -2.86. The first-order chi connectivity index (χ1) is 19.6. The van der Waals surface area contributed by atoms with Crippen LogP contribution in [0.4, 0.5) is 17.6 Å². The number of ether oxygens (including phenoxy) is 1. The van der Waals surface area contributed by atoms with E-state index in [0.29, 0.717) is 17.5 Å². The number of methoxy groups -OCH3 is 1. The van der Waals surface area contributed by atoms with Crippen molar-refractivity contribution in [2.24, 2.45) is 5.41 Å². The molecule has 0 radical (unpaired) electrons. The molecule has 1 heterocycles. The number of carboxylic acids is 1. The second-order valence-corrected chi connectivity index (χ2v) is 12.2. The van der Waals surface area contributed by atoms with Crippen molar-refractivity contribution >= 4 is 40.9 Å². The van der Waals surface area contributed by atoms with Crippen LogP contribution >= 0.6 is 23.2 Å². The van der Waals surface area contributed by atoms with Crippen LogP contribution in [-0.2, 0) is 11.0 Å². The topological polar surface area (TPSA) is 102 Å². The molecule has 2 saturated carbocycles. The van der Waals surface area contributed by atoms with Crippen molar-refractivity contribution in [3.8, 4) is 5.75 Å². The summed E-state index contributed by atoms with van der Waals surface area (Å²) in [5.74, 6) is -2.77. The van der Waals surface area contributed by atoms with Crippen LogP contribution in [0.25, 0.3) is 0 Å². The zero-order valence-electron chi connectivity index (χ0n) is 23.1. The predicted octanol–water partition coefficient (Wildman–Crippen LogP) is 7.03. The number of halogens is 6. The largest absolute Gasteiger partial charge is 0.497 e. The minimum atomic E-state index is -5.02. The van der Waals surface area contributed by atoms with Gasteiger partial charge in [-0.2, -0.15) is 18.3 Å². The summed E-state index contributed by atoms with van der Waals surface area (Å²) in [4.78, 5) is 39.5. The molecule has 1 N–H and O–H groups in total. The molecule has 2 aliphatic carbocycles. The van der Waals surface area contributed by atoms with Crippen molar-refractivity contribution in [3.05, 3.63) is 45.2 Å². The second-order valence-electron chi connectivity index (χ2n) is 11.4. The highest BCUT2D eigenvalue weighted by atomic mass is 35.5. The summed E-state index contributed by atoms with van der Waals surface area (Å²) in [5.41, 5.74) is -5.28. The van der Waals surface area contributed by atoms with Crippen molar-refractivity contribution in [2.45, 2.75) is 76.2 Å². The van der Waals surface area contributed by atoms with E-state index in [4.69, 9.17) is 27.9 Å². The molecule has 1 aromatic heterocycles. The minimum absolute atomic E-state index is 0.0881. The van der Waals surface area contributed by atoms with E-state index in [1.807, 2.05) is 0 Å². The Balaban J connectivity index is 1.69. The molecule has 230 valence electrons. The molecular weight excluding hydrogens is 605 g/mol. The minimum Gasteiger partial charge on any atom is -0.497 e. The van der Waals surface area contributed by atoms with Crippen LogP contribution in [0, 0.1) is 5.41 Å². The number of carbonyl (C=O) groups excluding carboxylic acids is 2. The molecule has 0 unspecified atom stereocenters. The number of aromatic nitrogens is 2. The number of rotatable bonds is 9. The third-order valence-corrected chi connectivity index (χ3v) is 8.94. The van der Waals surface area contributed by atoms with Gasteiger partial charge in [-0.25, -0.2) is 4.39 Å². The number of nitrogens with zero attached hydrogens (tertiary/aromatic N) is 3. The molecule has 4 rings (SSSR count). The normalized spacial score (nSPS) is 22.1. The molecule has 42 heavy (non-hydrogen) atoms. The first-order valence-electron chi connectivity index (χ1n) is 13.5. The molecule has 0 saturated heterocycles. The third-order valence-electron chi connectivity index (χ3n) is 8.34. The summed E-state index contributed by atoms with van der Waals surface area (Å²) >= 11 is 12.5. The van der Waals surface area contributed by atoms with Crippen LogP contribution in [-0.4, -0.2) is 63.3 Å². The van der Waals surface area contributed by atoms with Gasteiger partial charge in [-0.05, 0) is 57.6 Å². The molecule has 1 amide bonds. The second kappa shape index (κ2) is 12.0. The maximum absolute atomic E-state index is 15.7. The predicted molar refractivity (Wildman–Crippen MR) is 146 cm³/mol. The lowest BCUT2D eigenvalue weighted by Crippen LogP contribution is -2.45. The van der Waals surface area contributed by atoms with E-state index in [0.717, 1.165) is 11.1 Å². The van der Waals surface area contributed by atoms with Gasteiger partial charge in [-0.3, -0.25) is 19.1 Å². The lowest BCUT2D eigenvalue weighted by atomic mass is 9.74. The number of alkyl halides is 4. The van der Waals surface area contributed by atoms with Crippen molar-refractivity contribution in [1.29, 1.82) is 0 Å². The summed E-state index contributed by atoms with van der Waals surface area (Å²) in [5, 5.41) is 13.2. The summed E-state index contributed by atoms with van der Waals surface area (Å²) < 4.78 is 64.9. The Labute approximate surface area is 249 Å². The van der Waals surface area contributed by atoms with Crippen molar-refractivity contribution < 1.29 is 41.8 Å². The van der Waals surface area contributed by atoms with Gasteiger partial charge in [0.1, 0.15) is 11.4 Å². The van der Waals surface area contributed by atoms with Crippen molar-refractivity contribution in [3.63, 3.8) is 0 Å². The van der Waals surface area contributed by atoms with E-state index in [2.05, 4.69) is 5.10 Å². The number of aliphatic carboxylic acids is 1. The van der Waals surface area contributed by atoms with Gasteiger partial charge in [0.2, 0.25) is 0 Å². The molecule has 2 fully saturated rings. The first-order valence-corrected chi connectivity index (χ1v) is 14.3. The molecule has 0 spiro atoms. The quantitative estimate of drug-likeness (QED) is 0.234. The molecule has 2 aromatic rings. The number of hydrogen-bond acceptors (Lipinski definition) is 5. The fourth-order valence-electron chi connectivity index (χ4n) is 5.84. The Morgan fingerprint density at radius 3 is 2.19 bits per heavy atom. The van der Waals surface area contributed by atoms with E-state index in [-0.39, 0.29) is 59.9 Å². The molecule has 1 aromatic carbocycles.